The maximum atomic E-state index is 12.7. The summed E-state index contributed by atoms with van der Waals surface area (Å²) in [5.41, 5.74) is 7.40. The second kappa shape index (κ2) is 7.37. The van der Waals surface area contributed by atoms with Crippen LogP contribution in [0.15, 0.2) is 59.5 Å². The first kappa shape index (κ1) is 17.6. The molecule has 3 rings (SSSR count). The van der Waals surface area contributed by atoms with Crippen molar-refractivity contribution in [1.82, 2.24) is 4.72 Å². The summed E-state index contributed by atoms with van der Waals surface area (Å²) in [7, 11) is -3.68. The van der Waals surface area contributed by atoms with E-state index in [-0.39, 0.29) is 4.90 Å². The van der Waals surface area contributed by atoms with Crippen LogP contribution in [0, 0.1) is 5.92 Å². The van der Waals surface area contributed by atoms with Crippen LogP contribution in [-0.4, -0.2) is 20.4 Å². The maximum Gasteiger partial charge on any atom is 0.240 e. The molecule has 2 aromatic rings. The topological polar surface area (TPSA) is 89.3 Å². The van der Waals surface area contributed by atoms with E-state index in [1.807, 2.05) is 30.3 Å². The lowest BCUT2D eigenvalue weighted by Gasteiger charge is -2.29. The Labute approximate surface area is 148 Å². The number of hydrogen-bond acceptors (Lipinski definition) is 3. The Morgan fingerprint density at radius 2 is 1.52 bits per heavy atom. The Hall–Kier alpha value is -2.18. The molecule has 3 N–H and O–H groups in total. The third-order valence-electron chi connectivity index (χ3n) is 4.71. The highest BCUT2D eigenvalue weighted by Crippen LogP contribution is 2.26. The molecule has 1 saturated carbocycles. The molecular weight excluding hydrogens is 336 g/mol. The average Bonchev–Trinajstić information content (AvgIpc) is 2.62. The van der Waals surface area contributed by atoms with Gasteiger partial charge in [-0.15, -0.1) is 0 Å². The third-order valence-corrected chi connectivity index (χ3v) is 6.22. The average molecular weight is 358 g/mol. The predicted octanol–water partition coefficient (Wildman–Crippen LogP) is 2.68. The summed E-state index contributed by atoms with van der Waals surface area (Å²) in [6.07, 6.45) is 3.06. The van der Waals surface area contributed by atoms with E-state index in [1.165, 1.54) is 0 Å². The van der Waals surface area contributed by atoms with Gasteiger partial charge in [-0.1, -0.05) is 55.3 Å². The number of primary amides is 1. The van der Waals surface area contributed by atoms with E-state index in [2.05, 4.69) is 4.72 Å². The van der Waals surface area contributed by atoms with Crippen LogP contribution in [0.5, 0.6) is 0 Å². The molecule has 132 valence electrons. The summed E-state index contributed by atoms with van der Waals surface area (Å²) >= 11 is 0. The van der Waals surface area contributed by atoms with Crippen LogP contribution in [0.4, 0.5) is 0 Å². The van der Waals surface area contributed by atoms with Crippen LogP contribution >= 0.6 is 0 Å². The molecule has 1 aliphatic carbocycles. The molecule has 5 nitrogen and oxygen atoms in total. The van der Waals surface area contributed by atoms with Gasteiger partial charge in [0.25, 0.3) is 0 Å². The van der Waals surface area contributed by atoms with Gasteiger partial charge in [-0.05, 0) is 36.1 Å². The van der Waals surface area contributed by atoms with Gasteiger partial charge >= 0.3 is 0 Å². The summed E-state index contributed by atoms with van der Waals surface area (Å²) in [4.78, 5) is 11.8. The SMILES string of the molecule is NC(=O)C1CCCCC1NS(=O)(=O)c1ccc(-c2ccccc2)cc1. The Morgan fingerprint density at radius 1 is 0.920 bits per heavy atom. The van der Waals surface area contributed by atoms with Gasteiger partial charge in [0.2, 0.25) is 15.9 Å². The highest BCUT2D eigenvalue weighted by molar-refractivity contribution is 7.89. The smallest absolute Gasteiger partial charge is 0.240 e. The van der Waals surface area contributed by atoms with Crippen molar-refractivity contribution in [1.29, 1.82) is 0 Å². The van der Waals surface area contributed by atoms with Gasteiger partial charge in [-0.2, -0.15) is 0 Å². The zero-order valence-electron chi connectivity index (χ0n) is 13.9. The molecule has 25 heavy (non-hydrogen) atoms. The van der Waals surface area contributed by atoms with Gasteiger partial charge in [0.05, 0.1) is 10.8 Å². The van der Waals surface area contributed by atoms with Crippen LogP contribution in [0.3, 0.4) is 0 Å². The number of benzene rings is 2. The van der Waals surface area contributed by atoms with Crippen molar-refractivity contribution >= 4 is 15.9 Å². The largest absolute Gasteiger partial charge is 0.369 e. The second-order valence-corrected chi connectivity index (χ2v) is 8.13. The van der Waals surface area contributed by atoms with E-state index in [1.54, 1.807) is 24.3 Å². The molecule has 1 fully saturated rings. The van der Waals surface area contributed by atoms with E-state index in [0.29, 0.717) is 12.8 Å². The lowest BCUT2D eigenvalue weighted by Crippen LogP contribution is -2.46. The molecule has 6 heteroatoms. The highest BCUT2D eigenvalue weighted by atomic mass is 32.2. The highest BCUT2D eigenvalue weighted by Gasteiger charge is 2.32. The van der Waals surface area contributed by atoms with Crippen molar-refractivity contribution in [3.63, 3.8) is 0 Å². The number of rotatable bonds is 5. The fourth-order valence-electron chi connectivity index (χ4n) is 3.34. The monoisotopic (exact) mass is 358 g/mol. The van der Waals surface area contributed by atoms with Gasteiger partial charge in [-0.3, -0.25) is 4.79 Å². The molecular formula is C19H22N2O3S. The number of amides is 1. The number of carbonyl (C=O) groups excluding carboxylic acids is 1. The van der Waals surface area contributed by atoms with E-state index in [9.17, 15) is 13.2 Å². The van der Waals surface area contributed by atoms with Crippen molar-refractivity contribution in [2.24, 2.45) is 11.7 Å². The molecule has 2 unspecified atom stereocenters. The fraction of sp³-hybridized carbons (Fsp3) is 0.316. The van der Waals surface area contributed by atoms with Crippen LogP contribution in [0.25, 0.3) is 11.1 Å². The molecule has 0 spiro atoms. The first-order valence-corrected chi connectivity index (χ1v) is 9.93. The molecule has 0 heterocycles. The Balaban J connectivity index is 1.79. The van der Waals surface area contributed by atoms with Crippen molar-refractivity contribution in [2.75, 3.05) is 0 Å². The maximum absolute atomic E-state index is 12.7. The standard InChI is InChI=1S/C19H22N2O3S/c20-19(22)17-8-4-5-9-18(17)21-25(23,24)16-12-10-15(11-13-16)14-6-2-1-3-7-14/h1-3,6-7,10-13,17-18,21H,4-5,8-9H2,(H2,20,22). The van der Waals surface area contributed by atoms with Gasteiger partial charge in [0, 0.05) is 6.04 Å². The molecule has 0 bridgehead atoms. The summed E-state index contributed by atoms with van der Waals surface area (Å²) in [6.45, 7) is 0. The van der Waals surface area contributed by atoms with E-state index < -0.39 is 27.9 Å². The first-order chi connectivity index (χ1) is 12.0. The molecule has 1 aliphatic rings. The normalized spacial score (nSPS) is 21.0. The Kier molecular flexibility index (Phi) is 5.20. The lowest BCUT2D eigenvalue weighted by molar-refractivity contribution is -0.123. The molecule has 0 saturated heterocycles. The van der Waals surface area contributed by atoms with E-state index in [0.717, 1.165) is 24.0 Å². The van der Waals surface area contributed by atoms with Crippen molar-refractivity contribution in [3.8, 4) is 11.1 Å². The Bertz CT molecular complexity index is 833. The van der Waals surface area contributed by atoms with Crippen LogP contribution in [0.2, 0.25) is 0 Å². The second-order valence-electron chi connectivity index (χ2n) is 6.41. The van der Waals surface area contributed by atoms with Crippen LogP contribution in [0.1, 0.15) is 25.7 Å². The van der Waals surface area contributed by atoms with Crippen molar-refractivity contribution in [2.45, 2.75) is 36.6 Å². The number of nitrogens with one attached hydrogen (secondary N) is 1. The minimum atomic E-state index is -3.68. The number of sulfonamides is 1. The first-order valence-electron chi connectivity index (χ1n) is 8.44. The fourth-order valence-corrected chi connectivity index (χ4v) is 4.65. The van der Waals surface area contributed by atoms with E-state index in [4.69, 9.17) is 5.73 Å². The molecule has 0 aliphatic heterocycles. The molecule has 0 aromatic heterocycles. The summed E-state index contributed by atoms with van der Waals surface area (Å²) in [5, 5.41) is 0. The molecule has 1 amide bonds. The zero-order valence-corrected chi connectivity index (χ0v) is 14.7. The van der Waals surface area contributed by atoms with Gasteiger partial charge in [0.15, 0.2) is 0 Å². The van der Waals surface area contributed by atoms with Crippen LogP contribution < -0.4 is 10.5 Å². The van der Waals surface area contributed by atoms with Crippen LogP contribution in [-0.2, 0) is 14.8 Å². The van der Waals surface area contributed by atoms with Gasteiger partial charge < -0.3 is 5.73 Å². The number of nitrogens with two attached hydrogens (primary N) is 1. The summed E-state index contributed by atoms with van der Waals surface area (Å²) < 4.78 is 28.0. The van der Waals surface area contributed by atoms with Gasteiger partial charge in [0.1, 0.15) is 0 Å². The third kappa shape index (κ3) is 4.08. The van der Waals surface area contributed by atoms with Crippen molar-refractivity contribution < 1.29 is 13.2 Å². The molecule has 0 radical (unpaired) electrons. The molecule has 2 atom stereocenters. The van der Waals surface area contributed by atoms with Gasteiger partial charge in [-0.25, -0.2) is 13.1 Å². The van der Waals surface area contributed by atoms with E-state index >= 15 is 0 Å². The number of hydrogen-bond donors (Lipinski definition) is 2. The minimum absolute atomic E-state index is 0.195. The number of carbonyl (C=O) groups is 1. The quantitative estimate of drug-likeness (QED) is 0.861. The summed E-state index contributed by atoms with van der Waals surface area (Å²) in [5.74, 6) is -0.876. The molecule has 2 aromatic carbocycles. The van der Waals surface area contributed by atoms with Crippen molar-refractivity contribution in [3.05, 3.63) is 54.6 Å². The predicted molar refractivity (Wildman–Crippen MR) is 97.1 cm³/mol. The zero-order chi connectivity index (χ0) is 17.9. The Morgan fingerprint density at radius 3 is 2.16 bits per heavy atom. The summed E-state index contributed by atoms with van der Waals surface area (Å²) in [6, 6.07) is 16.1. The lowest BCUT2D eigenvalue weighted by atomic mass is 9.85. The minimum Gasteiger partial charge on any atom is -0.369 e.